The predicted molar refractivity (Wildman–Crippen MR) is 53.6 cm³/mol. The van der Waals surface area contributed by atoms with E-state index in [4.69, 9.17) is 10.5 Å². The molecule has 0 spiro atoms. The molecule has 3 nitrogen and oxygen atoms in total. The SMILES string of the molecule is CC(C)(C)OC(=O)C1(N)C2CCCC21. The molecule has 0 radical (unpaired) electrons. The molecule has 80 valence electrons. The van der Waals surface area contributed by atoms with Crippen LogP contribution in [0, 0.1) is 11.8 Å². The second-order valence-electron chi connectivity index (χ2n) is 5.58. The van der Waals surface area contributed by atoms with Crippen molar-refractivity contribution < 1.29 is 9.53 Å². The van der Waals surface area contributed by atoms with Crippen LogP contribution >= 0.6 is 0 Å². The van der Waals surface area contributed by atoms with Crippen LogP contribution in [-0.4, -0.2) is 17.1 Å². The van der Waals surface area contributed by atoms with Gasteiger partial charge in [0.1, 0.15) is 11.1 Å². The van der Waals surface area contributed by atoms with E-state index in [0.29, 0.717) is 11.8 Å². The van der Waals surface area contributed by atoms with Crippen LogP contribution in [0.5, 0.6) is 0 Å². The molecule has 0 aromatic heterocycles. The molecule has 2 unspecified atom stereocenters. The van der Waals surface area contributed by atoms with Crippen molar-refractivity contribution in [1.82, 2.24) is 0 Å². The number of ether oxygens (including phenoxy) is 1. The fourth-order valence-electron chi connectivity index (χ4n) is 2.67. The average molecular weight is 197 g/mol. The van der Waals surface area contributed by atoms with E-state index < -0.39 is 11.1 Å². The van der Waals surface area contributed by atoms with E-state index in [9.17, 15) is 4.79 Å². The summed E-state index contributed by atoms with van der Waals surface area (Å²) in [4.78, 5) is 11.8. The molecule has 2 aliphatic rings. The molecular formula is C11H19NO2. The van der Waals surface area contributed by atoms with Crippen molar-refractivity contribution in [3.63, 3.8) is 0 Å². The summed E-state index contributed by atoms with van der Waals surface area (Å²) in [5.41, 5.74) is 5.02. The molecule has 3 heteroatoms. The van der Waals surface area contributed by atoms with Gasteiger partial charge in [0.05, 0.1) is 0 Å². The van der Waals surface area contributed by atoms with Crippen LogP contribution in [0.4, 0.5) is 0 Å². The van der Waals surface area contributed by atoms with Gasteiger partial charge in [0, 0.05) is 0 Å². The Morgan fingerprint density at radius 1 is 1.36 bits per heavy atom. The Labute approximate surface area is 85.0 Å². The molecule has 0 heterocycles. The van der Waals surface area contributed by atoms with Gasteiger partial charge >= 0.3 is 5.97 Å². The third-order valence-electron chi connectivity index (χ3n) is 3.39. The quantitative estimate of drug-likeness (QED) is 0.647. The lowest BCUT2D eigenvalue weighted by Gasteiger charge is -2.23. The van der Waals surface area contributed by atoms with Crippen LogP contribution in [0.1, 0.15) is 40.0 Å². The minimum atomic E-state index is -0.633. The average Bonchev–Trinajstić information content (AvgIpc) is 2.47. The first kappa shape index (κ1) is 9.97. The van der Waals surface area contributed by atoms with Gasteiger partial charge in [0.15, 0.2) is 0 Å². The maximum Gasteiger partial charge on any atom is 0.327 e. The van der Waals surface area contributed by atoms with Gasteiger partial charge < -0.3 is 10.5 Å². The van der Waals surface area contributed by atoms with Gasteiger partial charge in [-0.3, -0.25) is 4.79 Å². The number of nitrogens with two attached hydrogens (primary N) is 1. The second kappa shape index (κ2) is 2.72. The normalized spacial score (nSPS) is 40.6. The van der Waals surface area contributed by atoms with Crippen molar-refractivity contribution in [2.75, 3.05) is 0 Å². The Morgan fingerprint density at radius 2 is 1.86 bits per heavy atom. The fraction of sp³-hybridized carbons (Fsp3) is 0.909. The van der Waals surface area contributed by atoms with Gasteiger partial charge in [-0.2, -0.15) is 0 Å². The van der Waals surface area contributed by atoms with Gasteiger partial charge in [-0.05, 0) is 45.4 Å². The maximum absolute atomic E-state index is 11.8. The van der Waals surface area contributed by atoms with E-state index in [0.717, 1.165) is 12.8 Å². The third-order valence-corrected chi connectivity index (χ3v) is 3.39. The van der Waals surface area contributed by atoms with Crippen LogP contribution in [0.15, 0.2) is 0 Å². The topological polar surface area (TPSA) is 52.3 Å². The van der Waals surface area contributed by atoms with E-state index in [1.807, 2.05) is 20.8 Å². The van der Waals surface area contributed by atoms with E-state index in [-0.39, 0.29) is 5.97 Å². The van der Waals surface area contributed by atoms with Crippen LogP contribution in [-0.2, 0) is 9.53 Å². The molecule has 0 aromatic rings. The standard InChI is InChI=1S/C11H19NO2/c1-10(2,3)14-9(13)11(12)7-5-4-6-8(7)11/h7-8H,4-6,12H2,1-3H3. The zero-order chi connectivity index (χ0) is 10.6. The fourth-order valence-corrected chi connectivity index (χ4v) is 2.67. The van der Waals surface area contributed by atoms with Crippen molar-refractivity contribution in [2.45, 2.75) is 51.2 Å². The summed E-state index contributed by atoms with van der Waals surface area (Å²) in [5, 5.41) is 0. The third kappa shape index (κ3) is 1.34. The largest absolute Gasteiger partial charge is 0.459 e. The number of fused-ring (bicyclic) bond motifs is 1. The van der Waals surface area contributed by atoms with Gasteiger partial charge in [-0.25, -0.2) is 0 Å². The molecule has 14 heavy (non-hydrogen) atoms. The lowest BCUT2D eigenvalue weighted by Crippen LogP contribution is -2.43. The van der Waals surface area contributed by atoms with E-state index in [1.54, 1.807) is 0 Å². The highest BCUT2D eigenvalue weighted by molar-refractivity contribution is 5.86. The molecule has 2 saturated carbocycles. The first-order valence-corrected chi connectivity index (χ1v) is 5.38. The van der Waals surface area contributed by atoms with Crippen molar-refractivity contribution in [1.29, 1.82) is 0 Å². The number of rotatable bonds is 1. The highest BCUT2D eigenvalue weighted by atomic mass is 16.6. The summed E-state index contributed by atoms with van der Waals surface area (Å²) < 4.78 is 5.34. The summed E-state index contributed by atoms with van der Waals surface area (Å²) >= 11 is 0. The lowest BCUT2D eigenvalue weighted by molar-refractivity contribution is -0.158. The number of esters is 1. The van der Waals surface area contributed by atoms with Crippen molar-refractivity contribution >= 4 is 5.97 Å². The second-order valence-corrected chi connectivity index (χ2v) is 5.58. The maximum atomic E-state index is 11.8. The summed E-state index contributed by atoms with van der Waals surface area (Å²) in [6, 6.07) is 0. The van der Waals surface area contributed by atoms with Gasteiger partial charge in [0.2, 0.25) is 0 Å². The highest BCUT2D eigenvalue weighted by Gasteiger charge is 2.69. The first-order chi connectivity index (χ1) is 6.36. The molecule has 2 aliphatic carbocycles. The molecule has 0 aliphatic heterocycles. The van der Waals surface area contributed by atoms with Crippen molar-refractivity contribution in [3.8, 4) is 0 Å². The highest BCUT2D eigenvalue weighted by Crippen LogP contribution is 2.59. The van der Waals surface area contributed by atoms with Crippen molar-refractivity contribution in [3.05, 3.63) is 0 Å². The molecule has 2 N–H and O–H groups in total. The molecule has 0 saturated heterocycles. The monoisotopic (exact) mass is 197 g/mol. The molecular weight excluding hydrogens is 178 g/mol. The molecule has 0 amide bonds. The molecule has 0 bridgehead atoms. The first-order valence-electron chi connectivity index (χ1n) is 5.38. The minimum Gasteiger partial charge on any atom is -0.459 e. The zero-order valence-electron chi connectivity index (χ0n) is 9.17. The van der Waals surface area contributed by atoms with E-state index in [2.05, 4.69) is 0 Å². The summed E-state index contributed by atoms with van der Waals surface area (Å²) in [7, 11) is 0. The van der Waals surface area contributed by atoms with Crippen LogP contribution in [0.2, 0.25) is 0 Å². The van der Waals surface area contributed by atoms with Crippen LogP contribution in [0.3, 0.4) is 0 Å². The Balaban J connectivity index is 2.00. The molecule has 2 atom stereocenters. The van der Waals surface area contributed by atoms with Crippen LogP contribution in [0.25, 0.3) is 0 Å². The Bertz CT molecular complexity index is 257. The summed E-state index contributed by atoms with van der Waals surface area (Å²) in [6.45, 7) is 5.64. The molecule has 0 aromatic carbocycles. The van der Waals surface area contributed by atoms with E-state index in [1.165, 1.54) is 6.42 Å². The smallest absolute Gasteiger partial charge is 0.327 e. The summed E-state index contributed by atoms with van der Waals surface area (Å²) in [5.74, 6) is 0.606. The number of carbonyl (C=O) groups excluding carboxylic acids is 1. The minimum absolute atomic E-state index is 0.195. The van der Waals surface area contributed by atoms with Gasteiger partial charge in [0.25, 0.3) is 0 Å². The Kier molecular flexibility index (Phi) is 1.94. The zero-order valence-corrected chi connectivity index (χ0v) is 9.17. The Hall–Kier alpha value is -0.570. The number of hydrogen-bond acceptors (Lipinski definition) is 3. The van der Waals surface area contributed by atoms with Gasteiger partial charge in [-0.1, -0.05) is 6.42 Å². The van der Waals surface area contributed by atoms with Crippen molar-refractivity contribution in [2.24, 2.45) is 17.6 Å². The van der Waals surface area contributed by atoms with E-state index >= 15 is 0 Å². The predicted octanol–water partition coefficient (Wildman–Crippen LogP) is 1.46. The van der Waals surface area contributed by atoms with Gasteiger partial charge in [-0.15, -0.1) is 0 Å². The van der Waals surface area contributed by atoms with Crippen LogP contribution < -0.4 is 5.73 Å². The number of carbonyl (C=O) groups is 1. The Morgan fingerprint density at radius 3 is 2.29 bits per heavy atom. The number of hydrogen-bond donors (Lipinski definition) is 1. The molecule has 2 fully saturated rings. The summed E-state index contributed by atoms with van der Waals surface area (Å²) in [6.07, 6.45) is 3.41. The lowest BCUT2D eigenvalue weighted by atomic mass is 10.1. The molecule has 2 rings (SSSR count).